The van der Waals surface area contributed by atoms with E-state index in [4.69, 9.17) is 16.9 Å². The van der Waals surface area contributed by atoms with Crippen LogP contribution in [0.2, 0.25) is 0 Å². The smallest absolute Gasteiger partial charge is 0.326 e. The molecule has 0 spiro atoms. The molecule has 42 heavy (non-hydrogen) atoms. The number of nitrogens with one attached hydrogen (secondary N) is 6. The minimum Gasteiger partial charge on any atom is -0.480 e. The summed E-state index contributed by atoms with van der Waals surface area (Å²) in [7, 11) is 0. The largest absolute Gasteiger partial charge is 0.480 e. The van der Waals surface area contributed by atoms with Crippen molar-refractivity contribution in [2.45, 2.75) is 83.1 Å². The van der Waals surface area contributed by atoms with Crippen LogP contribution in [0.5, 0.6) is 0 Å². The van der Waals surface area contributed by atoms with Crippen LogP contribution >= 0.6 is 0 Å². The Morgan fingerprint density at radius 3 is 2.19 bits per heavy atom. The van der Waals surface area contributed by atoms with E-state index in [9.17, 15) is 39.0 Å². The molecule has 5 amide bonds. The first-order chi connectivity index (χ1) is 19.7. The van der Waals surface area contributed by atoms with Crippen molar-refractivity contribution < 1.29 is 39.0 Å². The van der Waals surface area contributed by atoms with Crippen LogP contribution in [0.25, 0.3) is 0 Å². The zero-order valence-corrected chi connectivity index (χ0v) is 24.3. The van der Waals surface area contributed by atoms with Gasteiger partial charge in [-0.05, 0) is 44.9 Å². The predicted molar refractivity (Wildman–Crippen MR) is 151 cm³/mol. The van der Waals surface area contributed by atoms with Gasteiger partial charge in [-0.25, -0.2) is 4.79 Å². The summed E-state index contributed by atoms with van der Waals surface area (Å²) in [6.45, 7) is 4.41. The molecule has 1 rings (SSSR count). The molecule has 0 aliphatic carbocycles. The lowest BCUT2D eigenvalue weighted by Crippen LogP contribution is -2.58. The summed E-state index contributed by atoms with van der Waals surface area (Å²) in [5.41, 5.74) is 10.5. The van der Waals surface area contributed by atoms with Gasteiger partial charge >= 0.3 is 5.97 Å². The van der Waals surface area contributed by atoms with Crippen molar-refractivity contribution in [1.82, 2.24) is 31.5 Å². The van der Waals surface area contributed by atoms with Gasteiger partial charge in [0.15, 0.2) is 5.96 Å². The number of hydrogen-bond donors (Lipinski definition) is 10. The second-order valence-electron chi connectivity index (χ2n) is 10.5. The molecule has 1 saturated heterocycles. The van der Waals surface area contributed by atoms with E-state index in [1.54, 1.807) is 13.8 Å². The minimum absolute atomic E-state index is 0.0632. The van der Waals surface area contributed by atoms with E-state index in [0.29, 0.717) is 19.3 Å². The highest BCUT2D eigenvalue weighted by Gasteiger charge is 2.37. The summed E-state index contributed by atoms with van der Waals surface area (Å²) in [6, 6.07) is -4.58. The second-order valence-corrected chi connectivity index (χ2v) is 10.5. The van der Waals surface area contributed by atoms with E-state index in [2.05, 4.69) is 26.6 Å². The Morgan fingerprint density at radius 2 is 1.64 bits per heavy atom. The number of guanidine groups is 1. The van der Waals surface area contributed by atoms with Crippen molar-refractivity contribution in [1.29, 1.82) is 5.41 Å². The van der Waals surface area contributed by atoms with Crippen molar-refractivity contribution in [3.8, 4) is 0 Å². The molecular weight excluding hydrogens is 554 g/mol. The van der Waals surface area contributed by atoms with Gasteiger partial charge in [-0.1, -0.05) is 13.8 Å². The van der Waals surface area contributed by atoms with Crippen LogP contribution in [0, 0.1) is 11.3 Å². The standard InChI is InChI=1S/C25H45N9O8/c1-13(2)10-16(32-22(39)20(14(3)35)33-18(36)11-26)21(38)30-12-19(37)31-15(6-4-8-29-25(27)28)23(40)34-9-5-7-17(34)24(41)42/h13-17,20,35H,4-12,26H2,1-3H3,(H,30,38)(H,31,37)(H,32,39)(H,33,36)(H,41,42)(H4,27,28,29)/t14-,15+,16+,17+,20+/m1/s1. The normalized spacial score (nSPS) is 17.4. The summed E-state index contributed by atoms with van der Waals surface area (Å²) in [4.78, 5) is 76.2. The Balaban J connectivity index is 2.91. The molecule has 0 bridgehead atoms. The molecule has 0 aromatic heterocycles. The van der Waals surface area contributed by atoms with E-state index in [0.717, 1.165) is 0 Å². The van der Waals surface area contributed by atoms with E-state index >= 15 is 0 Å². The fourth-order valence-corrected chi connectivity index (χ4v) is 4.41. The lowest BCUT2D eigenvalue weighted by atomic mass is 10.0. The molecule has 12 N–H and O–H groups in total. The zero-order chi connectivity index (χ0) is 32.0. The summed E-state index contributed by atoms with van der Waals surface area (Å²) < 4.78 is 0. The number of carbonyl (C=O) groups excluding carboxylic acids is 5. The second kappa shape index (κ2) is 17.7. The van der Waals surface area contributed by atoms with Crippen LogP contribution in [0.4, 0.5) is 0 Å². The van der Waals surface area contributed by atoms with E-state index in [1.165, 1.54) is 11.8 Å². The lowest BCUT2D eigenvalue weighted by Gasteiger charge is -2.28. The number of aliphatic hydroxyl groups excluding tert-OH is 1. The highest BCUT2D eigenvalue weighted by atomic mass is 16.4. The van der Waals surface area contributed by atoms with Gasteiger partial charge in [0.05, 0.1) is 19.2 Å². The molecule has 17 heteroatoms. The molecular formula is C25H45N9O8. The highest BCUT2D eigenvalue weighted by molar-refractivity contribution is 5.95. The number of nitrogens with two attached hydrogens (primary N) is 2. The molecule has 17 nitrogen and oxygen atoms in total. The maximum absolute atomic E-state index is 13.2. The summed E-state index contributed by atoms with van der Waals surface area (Å²) >= 11 is 0. The van der Waals surface area contributed by atoms with Gasteiger partial charge in [-0.2, -0.15) is 0 Å². The number of aliphatic carboxylic acids is 1. The van der Waals surface area contributed by atoms with E-state index < -0.39 is 78.9 Å². The molecule has 1 heterocycles. The van der Waals surface area contributed by atoms with Crippen molar-refractivity contribution in [3.05, 3.63) is 0 Å². The Bertz CT molecular complexity index is 991. The van der Waals surface area contributed by atoms with Crippen LogP contribution in [0.1, 0.15) is 52.9 Å². The Kier molecular flexibility index (Phi) is 15.2. The fourth-order valence-electron chi connectivity index (χ4n) is 4.41. The quantitative estimate of drug-likeness (QED) is 0.0441. The number of carboxylic acids is 1. The van der Waals surface area contributed by atoms with Crippen LogP contribution in [-0.2, 0) is 28.8 Å². The molecule has 1 aliphatic heterocycles. The zero-order valence-electron chi connectivity index (χ0n) is 24.3. The topological polar surface area (TPSA) is 282 Å². The number of nitrogens with zero attached hydrogens (tertiary/aromatic N) is 1. The molecule has 1 fully saturated rings. The first kappa shape index (κ1) is 36.0. The van der Waals surface area contributed by atoms with Crippen LogP contribution < -0.4 is 38.1 Å². The Morgan fingerprint density at radius 1 is 0.976 bits per heavy atom. The first-order valence-corrected chi connectivity index (χ1v) is 13.8. The highest BCUT2D eigenvalue weighted by Crippen LogP contribution is 2.19. The number of amides is 5. The molecule has 5 atom stereocenters. The van der Waals surface area contributed by atoms with Gasteiger partial charge < -0.3 is 53.2 Å². The number of carboxylic acid groups (broad SMARTS) is 1. The average Bonchev–Trinajstić information content (AvgIpc) is 3.41. The third-order valence-corrected chi connectivity index (χ3v) is 6.47. The van der Waals surface area contributed by atoms with Crippen molar-refractivity contribution in [2.24, 2.45) is 17.4 Å². The van der Waals surface area contributed by atoms with E-state index in [-0.39, 0.29) is 37.8 Å². The van der Waals surface area contributed by atoms with Gasteiger partial charge in [0, 0.05) is 13.1 Å². The third kappa shape index (κ3) is 12.3. The number of rotatable bonds is 17. The van der Waals surface area contributed by atoms with Gasteiger partial charge in [-0.3, -0.25) is 29.4 Å². The molecule has 0 radical (unpaired) electrons. The number of hydrogen-bond acceptors (Lipinski definition) is 9. The minimum atomic E-state index is -1.36. The number of likely N-dealkylation sites (tertiary alicyclic amines) is 1. The van der Waals surface area contributed by atoms with Gasteiger partial charge in [0.1, 0.15) is 24.2 Å². The first-order valence-electron chi connectivity index (χ1n) is 13.8. The third-order valence-electron chi connectivity index (χ3n) is 6.47. The van der Waals surface area contributed by atoms with Crippen molar-refractivity contribution >= 4 is 41.5 Å². The predicted octanol–water partition coefficient (Wildman–Crippen LogP) is -3.72. The average molecular weight is 600 g/mol. The summed E-state index contributed by atoms with van der Waals surface area (Å²) in [5, 5.41) is 39.0. The van der Waals surface area contributed by atoms with Gasteiger partial charge in [-0.15, -0.1) is 0 Å². The van der Waals surface area contributed by atoms with Gasteiger partial charge in [0.25, 0.3) is 0 Å². The molecule has 0 aromatic carbocycles. The Labute approximate surface area is 244 Å². The summed E-state index contributed by atoms with van der Waals surface area (Å²) in [5.74, 6) is -4.97. The maximum atomic E-state index is 13.2. The monoisotopic (exact) mass is 599 g/mol. The summed E-state index contributed by atoms with van der Waals surface area (Å²) in [6.07, 6.45) is 0.112. The Hall–Kier alpha value is -3.99. The number of aliphatic hydroxyl groups is 1. The van der Waals surface area contributed by atoms with Crippen molar-refractivity contribution in [3.63, 3.8) is 0 Å². The maximum Gasteiger partial charge on any atom is 0.326 e. The van der Waals surface area contributed by atoms with Crippen molar-refractivity contribution in [2.75, 3.05) is 26.2 Å². The van der Waals surface area contributed by atoms with Crippen LogP contribution in [0.3, 0.4) is 0 Å². The molecule has 238 valence electrons. The molecule has 0 unspecified atom stereocenters. The van der Waals surface area contributed by atoms with Crippen LogP contribution in [-0.4, -0.2) is 113 Å². The molecule has 0 aromatic rings. The van der Waals surface area contributed by atoms with E-state index in [1.807, 2.05) is 0 Å². The van der Waals surface area contributed by atoms with Gasteiger partial charge in [0.2, 0.25) is 29.5 Å². The fraction of sp³-hybridized carbons (Fsp3) is 0.720. The number of carbonyl (C=O) groups is 6. The van der Waals surface area contributed by atoms with Crippen LogP contribution in [0.15, 0.2) is 0 Å². The molecule has 1 aliphatic rings. The SMILES string of the molecule is CC(C)C[C@H](NC(=O)[C@@H](NC(=O)CN)[C@@H](C)O)C(=O)NCC(=O)N[C@@H](CCCNC(=N)N)C(=O)N1CCC[C@H]1C(=O)O. The lowest BCUT2D eigenvalue weighted by molar-refractivity contribution is -0.149. The molecule has 0 saturated carbocycles.